The van der Waals surface area contributed by atoms with E-state index in [2.05, 4.69) is 23.5 Å². The molecule has 1 aromatic carbocycles. The van der Waals surface area contributed by atoms with Gasteiger partial charge in [-0.3, -0.25) is 9.69 Å². The molecular formula is C20H30ClN3O3S. The molecule has 2 aliphatic rings. The zero-order valence-corrected chi connectivity index (χ0v) is 18.2. The van der Waals surface area contributed by atoms with E-state index in [0.29, 0.717) is 18.9 Å². The number of benzene rings is 1. The highest BCUT2D eigenvalue weighted by Gasteiger charge is 2.33. The van der Waals surface area contributed by atoms with E-state index in [1.165, 1.54) is 6.07 Å². The standard InChI is InChI=1S/C20H30ClN3O3S/c1-15(2)23-11-13-24(14-12-23)20(25)16-7-9-17(10-8-16)22-28(26,27)19-6-4-3-5-18(19)21/h3-6,15-17,22H,7-14H2,1-2H3/t16-,17-. The summed E-state index contributed by atoms with van der Waals surface area (Å²) in [7, 11) is -3.65. The van der Waals surface area contributed by atoms with Crippen LogP contribution in [0, 0.1) is 5.92 Å². The lowest BCUT2D eigenvalue weighted by Crippen LogP contribution is -2.52. The summed E-state index contributed by atoms with van der Waals surface area (Å²) in [6.07, 6.45) is 2.79. The van der Waals surface area contributed by atoms with Gasteiger partial charge in [-0.2, -0.15) is 0 Å². The van der Waals surface area contributed by atoms with Crippen molar-refractivity contribution < 1.29 is 13.2 Å². The number of sulfonamides is 1. The lowest BCUT2D eigenvalue weighted by atomic mass is 9.85. The van der Waals surface area contributed by atoms with Crippen LogP contribution in [0.2, 0.25) is 5.02 Å². The highest BCUT2D eigenvalue weighted by molar-refractivity contribution is 7.89. The maximum absolute atomic E-state index is 12.8. The molecule has 0 spiro atoms. The summed E-state index contributed by atoms with van der Waals surface area (Å²) in [5.41, 5.74) is 0. The number of carbonyl (C=O) groups excluding carboxylic acids is 1. The van der Waals surface area contributed by atoms with Crippen molar-refractivity contribution in [1.29, 1.82) is 0 Å². The van der Waals surface area contributed by atoms with E-state index in [0.717, 1.165) is 39.0 Å². The number of hydrogen-bond donors (Lipinski definition) is 1. The first-order chi connectivity index (χ1) is 13.3. The van der Waals surface area contributed by atoms with Crippen LogP contribution in [-0.2, 0) is 14.8 Å². The number of hydrogen-bond acceptors (Lipinski definition) is 4. The maximum atomic E-state index is 12.8. The van der Waals surface area contributed by atoms with Crippen LogP contribution in [0.3, 0.4) is 0 Å². The van der Waals surface area contributed by atoms with Crippen molar-refractivity contribution in [2.45, 2.75) is 56.5 Å². The van der Waals surface area contributed by atoms with Crippen molar-refractivity contribution >= 4 is 27.5 Å². The van der Waals surface area contributed by atoms with E-state index >= 15 is 0 Å². The van der Waals surface area contributed by atoms with E-state index < -0.39 is 10.0 Å². The van der Waals surface area contributed by atoms with Gasteiger partial charge in [-0.15, -0.1) is 0 Å². The van der Waals surface area contributed by atoms with Crippen LogP contribution in [0.5, 0.6) is 0 Å². The van der Waals surface area contributed by atoms with Gasteiger partial charge in [0.1, 0.15) is 4.90 Å². The van der Waals surface area contributed by atoms with Crippen molar-refractivity contribution in [2.75, 3.05) is 26.2 Å². The summed E-state index contributed by atoms with van der Waals surface area (Å²) >= 11 is 6.03. The fourth-order valence-electron chi connectivity index (χ4n) is 4.12. The van der Waals surface area contributed by atoms with Gasteiger partial charge in [-0.1, -0.05) is 23.7 Å². The normalized spacial score (nSPS) is 24.5. The molecule has 3 rings (SSSR count). The summed E-state index contributed by atoms with van der Waals surface area (Å²) in [6.45, 7) is 7.80. The highest BCUT2D eigenvalue weighted by Crippen LogP contribution is 2.28. The highest BCUT2D eigenvalue weighted by atomic mass is 35.5. The minimum atomic E-state index is -3.65. The van der Waals surface area contributed by atoms with Gasteiger partial charge in [-0.05, 0) is 51.7 Å². The van der Waals surface area contributed by atoms with Gasteiger partial charge in [0.05, 0.1) is 5.02 Å². The van der Waals surface area contributed by atoms with E-state index in [4.69, 9.17) is 11.6 Å². The van der Waals surface area contributed by atoms with E-state index in [-0.39, 0.29) is 27.8 Å². The molecule has 1 saturated carbocycles. The Bertz CT molecular complexity index is 784. The third kappa shape index (κ3) is 5.06. The molecule has 6 nitrogen and oxygen atoms in total. The van der Waals surface area contributed by atoms with Gasteiger partial charge < -0.3 is 4.90 Å². The Kier molecular flexibility index (Phi) is 7.02. The number of amides is 1. The second-order valence-electron chi connectivity index (χ2n) is 8.06. The first kappa shape index (κ1) is 21.6. The Morgan fingerprint density at radius 2 is 1.68 bits per heavy atom. The molecule has 0 atom stereocenters. The van der Waals surface area contributed by atoms with Crippen LogP contribution in [0.4, 0.5) is 0 Å². The molecule has 1 aliphatic heterocycles. The monoisotopic (exact) mass is 427 g/mol. The Labute approximate surface area is 173 Å². The lowest BCUT2D eigenvalue weighted by molar-refractivity contribution is -0.138. The molecule has 1 N–H and O–H groups in total. The summed E-state index contributed by atoms with van der Waals surface area (Å²) in [6, 6.07) is 6.82. The van der Waals surface area contributed by atoms with Crippen LogP contribution in [0.25, 0.3) is 0 Å². The van der Waals surface area contributed by atoms with Crippen LogP contribution in [0.1, 0.15) is 39.5 Å². The largest absolute Gasteiger partial charge is 0.340 e. The third-order valence-corrected chi connectivity index (χ3v) is 7.90. The molecular weight excluding hydrogens is 398 g/mol. The average molecular weight is 428 g/mol. The van der Waals surface area contributed by atoms with Crippen LogP contribution < -0.4 is 4.72 Å². The second kappa shape index (κ2) is 9.11. The molecule has 1 saturated heterocycles. The predicted molar refractivity (Wildman–Crippen MR) is 111 cm³/mol. The SMILES string of the molecule is CC(C)N1CCN(C(=O)[C@H]2CC[C@H](NS(=O)(=O)c3ccccc3Cl)CC2)CC1. The third-order valence-electron chi connectivity index (χ3n) is 5.88. The second-order valence-corrected chi connectivity index (χ2v) is 10.1. The van der Waals surface area contributed by atoms with Crippen molar-refractivity contribution in [3.05, 3.63) is 29.3 Å². The molecule has 1 heterocycles. The molecule has 0 aromatic heterocycles. The molecule has 8 heteroatoms. The van der Waals surface area contributed by atoms with Gasteiger partial charge in [0.25, 0.3) is 0 Å². The first-order valence-corrected chi connectivity index (χ1v) is 11.9. The topological polar surface area (TPSA) is 69.7 Å². The smallest absolute Gasteiger partial charge is 0.242 e. The number of halogens is 1. The van der Waals surface area contributed by atoms with Crippen molar-refractivity contribution in [2.24, 2.45) is 5.92 Å². The average Bonchev–Trinajstić information content (AvgIpc) is 2.68. The fourth-order valence-corrected chi connectivity index (χ4v) is 5.95. The van der Waals surface area contributed by atoms with Gasteiger partial charge in [0.2, 0.25) is 15.9 Å². The maximum Gasteiger partial charge on any atom is 0.242 e. The molecule has 0 radical (unpaired) electrons. The molecule has 1 aliphatic carbocycles. The molecule has 1 aromatic rings. The van der Waals surface area contributed by atoms with Gasteiger partial charge >= 0.3 is 0 Å². The van der Waals surface area contributed by atoms with Crippen molar-refractivity contribution in [3.8, 4) is 0 Å². The lowest BCUT2D eigenvalue weighted by Gasteiger charge is -2.39. The molecule has 156 valence electrons. The summed E-state index contributed by atoms with van der Waals surface area (Å²) in [5.74, 6) is 0.238. The number of piperazine rings is 1. The van der Waals surface area contributed by atoms with Crippen molar-refractivity contribution in [3.63, 3.8) is 0 Å². The number of nitrogens with one attached hydrogen (secondary N) is 1. The van der Waals surface area contributed by atoms with Gasteiger partial charge in [0, 0.05) is 44.2 Å². The Balaban J connectivity index is 1.51. The summed E-state index contributed by atoms with van der Waals surface area (Å²) in [5, 5.41) is 0.222. The summed E-state index contributed by atoms with van der Waals surface area (Å²) in [4.78, 5) is 17.3. The molecule has 0 bridgehead atoms. The number of rotatable bonds is 5. The van der Waals surface area contributed by atoms with E-state index in [9.17, 15) is 13.2 Å². The van der Waals surface area contributed by atoms with Gasteiger partial charge in [0.15, 0.2) is 0 Å². The first-order valence-electron chi connectivity index (χ1n) is 10.1. The molecule has 2 fully saturated rings. The quantitative estimate of drug-likeness (QED) is 0.784. The Morgan fingerprint density at radius 1 is 1.07 bits per heavy atom. The van der Waals surface area contributed by atoms with Crippen molar-refractivity contribution in [1.82, 2.24) is 14.5 Å². The number of carbonyl (C=O) groups is 1. The minimum Gasteiger partial charge on any atom is -0.340 e. The number of nitrogens with zero attached hydrogens (tertiary/aromatic N) is 2. The van der Waals surface area contributed by atoms with E-state index in [1.54, 1.807) is 18.2 Å². The summed E-state index contributed by atoms with van der Waals surface area (Å²) < 4.78 is 28.0. The van der Waals surface area contributed by atoms with Crippen LogP contribution >= 0.6 is 11.6 Å². The Hall–Kier alpha value is -1.15. The van der Waals surface area contributed by atoms with Crippen LogP contribution in [0.15, 0.2) is 29.2 Å². The fraction of sp³-hybridized carbons (Fsp3) is 0.650. The molecule has 28 heavy (non-hydrogen) atoms. The molecule has 1 amide bonds. The zero-order chi connectivity index (χ0) is 20.3. The predicted octanol–water partition coefficient (Wildman–Crippen LogP) is 2.73. The minimum absolute atomic E-state index is 0.00617. The van der Waals surface area contributed by atoms with Crippen LogP contribution in [-0.4, -0.2) is 62.4 Å². The van der Waals surface area contributed by atoms with Gasteiger partial charge in [-0.25, -0.2) is 13.1 Å². The van der Waals surface area contributed by atoms with E-state index in [1.807, 2.05) is 4.90 Å². The zero-order valence-electron chi connectivity index (χ0n) is 16.6. The molecule has 0 unspecified atom stereocenters. The Morgan fingerprint density at radius 3 is 2.25 bits per heavy atom.